The van der Waals surface area contributed by atoms with Crippen molar-refractivity contribution in [1.29, 1.82) is 0 Å². The van der Waals surface area contributed by atoms with Gasteiger partial charge < -0.3 is 5.32 Å². The second-order valence-electron chi connectivity index (χ2n) is 5.16. The van der Waals surface area contributed by atoms with Crippen molar-refractivity contribution in [3.05, 3.63) is 35.9 Å². The van der Waals surface area contributed by atoms with Crippen molar-refractivity contribution >= 4 is 0 Å². The smallest absolute Gasteiger partial charge is 0.0762 e. The van der Waals surface area contributed by atoms with E-state index in [1.165, 1.54) is 5.69 Å². The Kier molecular flexibility index (Phi) is 4.74. The van der Waals surface area contributed by atoms with Crippen LogP contribution in [0.2, 0.25) is 0 Å². The molecule has 0 atom stereocenters. The molecule has 0 bridgehead atoms. The fourth-order valence-corrected chi connectivity index (χ4v) is 2.01. The van der Waals surface area contributed by atoms with E-state index in [0.29, 0.717) is 5.92 Å². The van der Waals surface area contributed by atoms with Gasteiger partial charge in [-0.1, -0.05) is 13.8 Å². The summed E-state index contributed by atoms with van der Waals surface area (Å²) in [5, 5.41) is 12.2. The molecule has 0 aliphatic heterocycles. The average molecular weight is 261 g/mol. The van der Waals surface area contributed by atoms with E-state index in [0.717, 1.165) is 31.9 Å². The minimum absolute atomic E-state index is 0.610. The van der Waals surface area contributed by atoms with Crippen molar-refractivity contribution in [3.8, 4) is 0 Å². The largest absolute Gasteiger partial charge is 0.305 e. The fourth-order valence-electron chi connectivity index (χ4n) is 2.01. The number of aryl methyl sites for hydroxylation is 1. The van der Waals surface area contributed by atoms with E-state index in [-0.39, 0.29) is 0 Å². The summed E-state index contributed by atoms with van der Waals surface area (Å²) in [6, 6.07) is 4.13. The fraction of sp³-hybridized carbons (Fsp3) is 0.571. The Balaban J connectivity index is 1.83. The zero-order chi connectivity index (χ0) is 13.7. The van der Waals surface area contributed by atoms with Crippen LogP contribution in [0.4, 0.5) is 0 Å². The molecule has 1 N–H and O–H groups in total. The molecule has 19 heavy (non-hydrogen) atoms. The van der Waals surface area contributed by atoms with Gasteiger partial charge in [-0.15, -0.1) is 0 Å². The zero-order valence-electron chi connectivity index (χ0n) is 12.0. The highest BCUT2D eigenvalue weighted by Gasteiger charge is 2.04. The van der Waals surface area contributed by atoms with Crippen molar-refractivity contribution < 1.29 is 0 Å². The lowest BCUT2D eigenvalue weighted by Gasteiger charge is -2.10. The molecule has 0 aliphatic carbocycles. The van der Waals surface area contributed by atoms with Gasteiger partial charge in [0.1, 0.15) is 0 Å². The lowest BCUT2D eigenvalue weighted by Crippen LogP contribution is -2.18. The number of hydrogen-bond donors (Lipinski definition) is 1. The van der Waals surface area contributed by atoms with E-state index in [2.05, 4.69) is 53.1 Å². The van der Waals surface area contributed by atoms with Gasteiger partial charge in [-0.3, -0.25) is 9.36 Å². The van der Waals surface area contributed by atoms with Crippen molar-refractivity contribution in [2.75, 3.05) is 0 Å². The Labute approximate surface area is 114 Å². The Bertz CT molecular complexity index is 497. The molecule has 0 saturated heterocycles. The number of aromatic nitrogens is 4. The van der Waals surface area contributed by atoms with Gasteiger partial charge in [0.25, 0.3) is 0 Å². The first-order valence-electron chi connectivity index (χ1n) is 6.92. The summed E-state index contributed by atoms with van der Waals surface area (Å²) in [7, 11) is 0. The number of rotatable bonds is 7. The van der Waals surface area contributed by atoms with Crippen LogP contribution in [0.3, 0.4) is 0 Å². The first kappa shape index (κ1) is 13.8. The van der Waals surface area contributed by atoms with Crippen LogP contribution in [0.15, 0.2) is 24.5 Å². The molecule has 0 radical (unpaired) electrons. The molecule has 2 aromatic heterocycles. The second-order valence-corrected chi connectivity index (χ2v) is 5.16. The maximum absolute atomic E-state index is 4.45. The van der Waals surface area contributed by atoms with Gasteiger partial charge >= 0.3 is 0 Å². The molecule has 0 aromatic carbocycles. The maximum Gasteiger partial charge on any atom is 0.0762 e. The maximum atomic E-state index is 4.45. The number of nitrogens with one attached hydrogen (secondary N) is 1. The summed E-state index contributed by atoms with van der Waals surface area (Å²) in [6.45, 7) is 10.0. The normalized spacial score (nSPS) is 11.4. The first-order chi connectivity index (χ1) is 9.19. The summed E-state index contributed by atoms with van der Waals surface area (Å²) in [4.78, 5) is 0. The predicted molar refractivity (Wildman–Crippen MR) is 75.5 cm³/mol. The monoisotopic (exact) mass is 261 g/mol. The Morgan fingerprint density at radius 1 is 1.26 bits per heavy atom. The van der Waals surface area contributed by atoms with Gasteiger partial charge in [0.05, 0.1) is 11.4 Å². The average Bonchev–Trinajstić information content (AvgIpc) is 2.99. The molecule has 0 saturated carbocycles. The number of hydrogen-bond acceptors (Lipinski definition) is 3. The summed E-state index contributed by atoms with van der Waals surface area (Å²) in [5.41, 5.74) is 2.31. The highest BCUT2D eigenvalue weighted by molar-refractivity contribution is 5.02. The Hall–Kier alpha value is -1.62. The SMILES string of the molecule is CCn1ccc(CNCc2ccnn2CC(C)C)n1. The van der Waals surface area contributed by atoms with Crippen LogP contribution < -0.4 is 5.32 Å². The third-order valence-corrected chi connectivity index (χ3v) is 2.97. The molecule has 0 unspecified atom stereocenters. The van der Waals surface area contributed by atoms with Gasteiger partial charge in [-0.05, 0) is 25.0 Å². The summed E-state index contributed by atoms with van der Waals surface area (Å²) in [6.07, 6.45) is 3.88. The molecule has 0 amide bonds. The third-order valence-electron chi connectivity index (χ3n) is 2.97. The van der Waals surface area contributed by atoms with E-state index in [1.54, 1.807) is 0 Å². The summed E-state index contributed by atoms with van der Waals surface area (Å²) >= 11 is 0. The topological polar surface area (TPSA) is 47.7 Å². The van der Waals surface area contributed by atoms with Gasteiger partial charge in [0, 0.05) is 38.6 Å². The molecule has 2 heterocycles. The Morgan fingerprint density at radius 3 is 2.79 bits per heavy atom. The van der Waals surface area contributed by atoms with Crippen molar-refractivity contribution in [3.63, 3.8) is 0 Å². The molecule has 0 fully saturated rings. The van der Waals surface area contributed by atoms with Crippen molar-refractivity contribution in [2.45, 2.75) is 47.0 Å². The third kappa shape index (κ3) is 3.92. The van der Waals surface area contributed by atoms with E-state index in [4.69, 9.17) is 0 Å². The quantitative estimate of drug-likeness (QED) is 0.829. The van der Waals surface area contributed by atoms with Crippen LogP contribution in [0.25, 0.3) is 0 Å². The second kappa shape index (κ2) is 6.52. The van der Waals surface area contributed by atoms with Crippen molar-refractivity contribution in [1.82, 2.24) is 24.9 Å². The molecule has 2 aromatic rings. The highest BCUT2D eigenvalue weighted by atomic mass is 15.3. The van der Waals surface area contributed by atoms with Gasteiger partial charge in [-0.25, -0.2) is 0 Å². The molecule has 104 valence electrons. The van der Waals surface area contributed by atoms with Crippen LogP contribution in [0, 0.1) is 5.92 Å². The molecular weight excluding hydrogens is 238 g/mol. The minimum Gasteiger partial charge on any atom is -0.305 e. The van der Waals surface area contributed by atoms with Gasteiger partial charge in [0.15, 0.2) is 0 Å². The van der Waals surface area contributed by atoms with E-state index in [9.17, 15) is 0 Å². The van der Waals surface area contributed by atoms with Crippen molar-refractivity contribution in [2.24, 2.45) is 5.92 Å². The molecule has 0 aliphatic rings. The molecular formula is C14H23N5. The zero-order valence-corrected chi connectivity index (χ0v) is 12.0. The molecule has 5 heteroatoms. The standard InChI is InChI=1S/C14H23N5/c1-4-18-8-6-13(17-18)9-15-10-14-5-7-16-19(14)11-12(2)3/h5-8,12,15H,4,9-11H2,1-3H3. The molecule has 2 rings (SSSR count). The lowest BCUT2D eigenvalue weighted by molar-refractivity contribution is 0.460. The van der Waals surface area contributed by atoms with Gasteiger partial charge in [-0.2, -0.15) is 10.2 Å². The number of nitrogens with zero attached hydrogens (tertiary/aromatic N) is 4. The highest BCUT2D eigenvalue weighted by Crippen LogP contribution is 2.04. The van der Waals surface area contributed by atoms with E-state index < -0.39 is 0 Å². The van der Waals surface area contributed by atoms with Crippen LogP contribution >= 0.6 is 0 Å². The van der Waals surface area contributed by atoms with Crippen LogP contribution in [-0.4, -0.2) is 19.6 Å². The van der Waals surface area contributed by atoms with E-state index in [1.807, 2.05) is 17.1 Å². The lowest BCUT2D eigenvalue weighted by atomic mass is 10.2. The van der Waals surface area contributed by atoms with E-state index >= 15 is 0 Å². The van der Waals surface area contributed by atoms with Gasteiger partial charge in [0.2, 0.25) is 0 Å². The predicted octanol–water partition coefficient (Wildman–Crippen LogP) is 2.05. The molecule has 0 spiro atoms. The summed E-state index contributed by atoms with van der Waals surface area (Å²) in [5.74, 6) is 0.610. The minimum atomic E-state index is 0.610. The first-order valence-corrected chi connectivity index (χ1v) is 6.92. The van der Waals surface area contributed by atoms with Crippen LogP contribution in [-0.2, 0) is 26.2 Å². The van der Waals surface area contributed by atoms with Crippen LogP contribution in [0.1, 0.15) is 32.2 Å². The summed E-state index contributed by atoms with van der Waals surface area (Å²) < 4.78 is 4.02. The van der Waals surface area contributed by atoms with Crippen LogP contribution in [0.5, 0.6) is 0 Å². The molecule has 5 nitrogen and oxygen atoms in total. The Morgan fingerprint density at radius 2 is 2.11 bits per heavy atom.